The first-order chi connectivity index (χ1) is 9.58. The molecule has 20 heavy (non-hydrogen) atoms. The first-order valence-electron chi connectivity index (χ1n) is 6.99. The van der Waals surface area contributed by atoms with Crippen LogP contribution in [0.4, 0.5) is 0 Å². The fourth-order valence-electron chi connectivity index (χ4n) is 2.63. The van der Waals surface area contributed by atoms with Gasteiger partial charge in [0.25, 0.3) is 0 Å². The molecule has 5 nitrogen and oxygen atoms in total. The molecule has 1 aliphatic rings. The van der Waals surface area contributed by atoms with E-state index in [0.29, 0.717) is 12.2 Å². The number of nitrogens with zero attached hydrogens (tertiary/aromatic N) is 2. The maximum atomic E-state index is 8.71. The molecule has 0 saturated carbocycles. The first-order valence-corrected chi connectivity index (χ1v) is 6.99. The van der Waals surface area contributed by atoms with Gasteiger partial charge in [0.15, 0.2) is 5.84 Å². The summed E-state index contributed by atoms with van der Waals surface area (Å²) in [6.07, 6.45) is 3.01. The zero-order valence-corrected chi connectivity index (χ0v) is 12.1. The lowest BCUT2D eigenvalue weighted by Crippen LogP contribution is -2.29. The van der Waals surface area contributed by atoms with Crippen molar-refractivity contribution in [3.05, 3.63) is 35.4 Å². The third kappa shape index (κ3) is 3.95. The van der Waals surface area contributed by atoms with Crippen LogP contribution in [0.5, 0.6) is 0 Å². The van der Waals surface area contributed by atoms with E-state index >= 15 is 0 Å². The zero-order valence-electron chi connectivity index (χ0n) is 12.1. The van der Waals surface area contributed by atoms with Gasteiger partial charge in [0.1, 0.15) is 0 Å². The van der Waals surface area contributed by atoms with Gasteiger partial charge in [0.05, 0.1) is 12.2 Å². The predicted octanol–water partition coefficient (Wildman–Crippen LogP) is 1.78. The average molecular weight is 277 g/mol. The second-order valence-electron chi connectivity index (χ2n) is 5.53. The van der Waals surface area contributed by atoms with Gasteiger partial charge in [0, 0.05) is 18.7 Å². The summed E-state index contributed by atoms with van der Waals surface area (Å²) in [4.78, 5) is 2.24. The van der Waals surface area contributed by atoms with Crippen LogP contribution in [0.25, 0.3) is 0 Å². The van der Waals surface area contributed by atoms with E-state index in [9.17, 15) is 0 Å². The Balaban J connectivity index is 1.92. The molecule has 0 aliphatic carbocycles. The van der Waals surface area contributed by atoms with E-state index < -0.39 is 0 Å². The van der Waals surface area contributed by atoms with Crippen LogP contribution in [0, 0.1) is 0 Å². The van der Waals surface area contributed by atoms with Gasteiger partial charge in [-0.15, -0.1) is 0 Å². The number of benzene rings is 1. The Bertz CT molecular complexity index is 476. The number of oxime groups is 1. The molecule has 0 bridgehead atoms. The smallest absolute Gasteiger partial charge is 0.170 e. The Morgan fingerprint density at radius 2 is 2.30 bits per heavy atom. The minimum atomic E-state index is 0.141. The van der Waals surface area contributed by atoms with E-state index in [4.69, 9.17) is 15.7 Å². The summed E-state index contributed by atoms with van der Waals surface area (Å²) < 4.78 is 5.84. The molecule has 3 N–H and O–H groups in total. The molecule has 2 atom stereocenters. The zero-order chi connectivity index (χ0) is 14.5. The van der Waals surface area contributed by atoms with Crippen molar-refractivity contribution in [2.45, 2.75) is 38.5 Å². The molecular formula is C15H23N3O2. The van der Waals surface area contributed by atoms with Crippen LogP contribution in [0.15, 0.2) is 29.4 Å². The van der Waals surface area contributed by atoms with Crippen molar-refractivity contribution in [1.29, 1.82) is 0 Å². The van der Waals surface area contributed by atoms with Gasteiger partial charge in [0.2, 0.25) is 0 Å². The van der Waals surface area contributed by atoms with Gasteiger partial charge < -0.3 is 15.7 Å². The Hall–Kier alpha value is -1.59. The van der Waals surface area contributed by atoms with Crippen molar-refractivity contribution in [3.63, 3.8) is 0 Å². The molecule has 0 radical (unpaired) electrons. The van der Waals surface area contributed by atoms with Crippen LogP contribution in [0.1, 0.15) is 30.9 Å². The van der Waals surface area contributed by atoms with E-state index in [-0.39, 0.29) is 5.84 Å². The molecule has 5 heteroatoms. The summed E-state index contributed by atoms with van der Waals surface area (Å²) in [6.45, 7) is 3.87. The molecule has 0 spiro atoms. The van der Waals surface area contributed by atoms with Crippen molar-refractivity contribution in [3.8, 4) is 0 Å². The summed E-state index contributed by atoms with van der Waals surface area (Å²) in [6, 6.07) is 7.75. The third-order valence-electron chi connectivity index (χ3n) is 3.62. The van der Waals surface area contributed by atoms with Crippen LogP contribution in [-0.2, 0) is 11.3 Å². The van der Waals surface area contributed by atoms with Gasteiger partial charge in [-0.3, -0.25) is 4.90 Å². The highest BCUT2D eigenvalue weighted by molar-refractivity contribution is 5.97. The maximum Gasteiger partial charge on any atom is 0.170 e. The number of likely N-dealkylation sites (N-methyl/N-ethyl adjacent to an activating group) is 1. The monoisotopic (exact) mass is 277 g/mol. The van der Waals surface area contributed by atoms with Gasteiger partial charge in [-0.2, -0.15) is 0 Å². The summed E-state index contributed by atoms with van der Waals surface area (Å²) in [5.74, 6) is 0.141. The van der Waals surface area contributed by atoms with Crippen molar-refractivity contribution in [1.82, 2.24) is 4.90 Å². The topological polar surface area (TPSA) is 71.1 Å². The molecule has 1 heterocycles. The summed E-state index contributed by atoms with van der Waals surface area (Å²) in [5.41, 5.74) is 7.49. The largest absolute Gasteiger partial charge is 0.409 e. The summed E-state index contributed by atoms with van der Waals surface area (Å²) >= 11 is 0. The quantitative estimate of drug-likeness (QED) is 0.372. The van der Waals surface area contributed by atoms with Gasteiger partial charge in [-0.05, 0) is 38.4 Å². The van der Waals surface area contributed by atoms with Crippen LogP contribution >= 0.6 is 0 Å². The molecule has 1 saturated heterocycles. The third-order valence-corrected chi connectivity index (χ3v) is 3.62. The predicted molar refractivity (Wildman–Crippen MR) is 78.9 cm³/mol. The number of ether oxygens (including phenoxy) is 1. The molecule has 1 aliphatic heterocycles. The number of rotatable bonds is 5. The fourth-order valence-corrected chi connectivity index (χ4v) is 2.63. The Kier molecular flexibility index (Phi) is 4.98. The highest BCUT2D eigenvalue weighted by atomic mass is 16.5. The van der Waals surface area contributed by atoms with Crippen LogP contribution in [0.3, 0.4) is 0 Å². The number of hydrogen-bond acceptors (Lipinski definition) is 4. The van der Waals surface area contributed by atoms with Crippen LogP contribution in [0.2, 0.25) is 0 Å². The lowest BCUT2D eigenvalue weighted by Gasteiger charge is -2.21. The fraction of sp³-hybridized carbons (Fsp3) is 0.533. The first kappa shape index (κ1) is 14.8. The molecule has 110 valence electrons. The molecular weight excluding hydrogens is 254 g/mol. The highest BCUT2D eigenvalue weighted by Gasteiger charge is 2.22. The Morgan fingerprint density at radius 3 is 2.95 bits per heavy atom. The minimum absolute atomic E-state index is 0.141. The number of nitrogens with two attached hydrogens (primary N) is 1. The SMILES string of the molecule is CC1CCC(CN(C)Cc2cccc(/C(N)=N/O)c2)O1. The molecule has 1 aromatic carbocycles. The molecule has 2 unspecified atom stereocenters. The maximum absolute atomic E-state index is 8.71. The lowest BCUT2D eigenvalue weighted by molar-refractivity contribution is 0.0352. The molecule has 2 rings (SSSR count). The van der Waals surface area contributed by atoms with E-state index in [0.717, 1.165) is 37.1 Å². The van der Waals surface area contributed by atoms with Gasteiger partial charge in [-0.25, -0.2) is 0 Å². The van der Waals surface area contributed by atoms with Gasteiger partial charge >= 0.3 is 0 Å². The molecule has 0 amide bonds. The van der Waals surface area contributed by atoms with E-state index in [1.807, 2.05) is 24.3 Å². The van der Waals surface area contributed by atoms with E-state index in [1.54, 1.807) is 0 Å². The highest BCUT2D eigenvalue weighted by Crippen LogP contribution is 2.20. The van der Waals surface area contributed by atoms with E-state index in [1.165, 1.54) is 0 Å². The second kappa shape index (κ2) is 6.72. The van der Waals surface area contributed by atoms with E-state index in [2.05, 4.69) is 24.0 Å². The van der Waals surface area contributed by atoms with Gasteiger partial charge in [-0.1, -0.05) is 23.4 Å². The van der Waals surface area contributed by atoms with Crippen molar-refractivity contribution >= 4 is 5.84 Å². The lowest BCUT2D eigenvalue weighted by atomic mass is 10.1. The van der Waals surface area contributed by atoms with Crippen molar-refractivity contribution in [2.24, 2.45) is 10.9 Å². The molecule has 1 aromatic rings. The standard InChI is InChI=1S/C15H23N3O2/c1-11-6-7-14(20-11)10-18(2)9-12-4-3-5-13(8-12)15(16)17-19/h3-5,8,11,14,19H,6-7,9-10H2,1-2H3,(H2,16,17). The average Bonchev–Trinajstić information content (AvgIpc) is 2.83. The number of hydrogen-bond donors (Lipinski definition) is 2. The Morgan fingerprint density at radius 1 is 1.50 bits per heavy atom. The van der Waals surface area contributed by atoms with Crippen molar-refractivity contribution in [2.75, 3.05) is 13.6 Å². The van der Waals surface area contributed by atoms with Crippen LogP contribution in [-0.4, -0.2) is 41.7 Å². The Labute approximate surface area is 120 Å². The second-order valence-corrected chi connectivity index (χ2v) is 5.53. The summed E-state index contributed by atoms with van der Waals surface area (Å²) in [7, 11) is 2.09. The summed E-state index contributed by atoms with van der Waals surface area (Å²) in [5, 5.41) is 11.7. The molecule has 0 aromatic heterocycles. The normalized spacial score (nSPS) is 23.4. The van der Waals surface area contributed by atoms with Crippen molar-refractivity contribution < 1.29 is 9.94 Å². The molecule has 1 fully saturated rings. The minimum Gasteiger partial charge on any atom is -0.409 e. The number of amidine groups is 1. The van der Waals surface area contributed by atoms with Crippen LogP contribution < -0.4 is 5.73 Å².